The minimum Gasteiger partial charge on any atom is -0.396 e. The topological polar surface area (TPSA) is 46.0 Å². The summed E-state index contributed by atoms with van der Waals surface area (Å²) in [7, 11) is 0. The molecule has 0 bridgehead atoms. The highest BCUT2D eigenvalue weighted by Crippen LogP contribution is 2.31. The van der Waals surface area contributed by atoms with Crippen LogP contribution in [0.2, 0.25) is 0 Å². The van der Waals surface area contributed by atoms with Crippen LogP contribution in [0, 0.1) is 12.8 Å². The predicted molar refractivity (Wildman–Crippen MR) is 101 cm³/mol. The number of hydrogen-bond donors (Lipinski definition) is 1. The zero-order valence-electron chi connectivity index (χ0n) is 15.6. The van der Waals surface area contributed by atoms with E-state index in [1.807, 2.05) is 0 Å². The molecule has 1 aliphatic rings. The van der Waals surface area contributed by atoms with Gasteiger partial charge in [-0.2, -0.15) is 0 Å². The molecule has 0 saturated heterocycles. The van der Waals surface area contributed by atoms with E-state index in [2.05, 4.69) is 29.9 Å². The van der Waals surface area contributed by atoms with Crippen LogP contribution >= 0.6 is 0 Å². The molecule has 24 heavy (non-hydrogen) atoms. The molecule has 1 aromatic heterocycles. The second-order valence-corrected chi connectivity index (χ2v) is 7.22. The number of rotatable bonds is 12. The fourth-order valence-electron chi connectivity index (χ4n) is 3.64. The maximum Gasteiger partial charge on any atom is 0.116 e. The molecule has 0 spiro atoms. The van der Waals surface area contributed by atoms with Crippen molar-refractivity contribution in [2.24, 2.45) is 5.92 Å². The zero-order chi connectivity index (χ0) is 17.2. The van der Waals surface area contributed by atoms with Gasteiger partial charge in [0.15, 0.2) is 0 Å². The van der Waals surface area contributed by atoms with Crippen molar-refractivity contribution in [3.05, 3.63) is 29.4 Å². The first-order chi connectivity index (χ1) is 11.8. The van der Waals surface area contributed by atoms with Crippen molar-refractivity contribution < 1.29 is 5.11 Å². The first kappa shape index (κ1) is 19.1. The summed E-state index contributed by atoms with van der Waals surface area (Å²) in [5.74, 6) is 0.438. The molecule has 0 aromatic carbocycles. The van der Waals surface area contributed by atoms with Gasteiger partial charge in [0.25, 0.3) is 0 Å². The smallest absolute Gasteiger partial charge is 0.116 e. The molecule has 1 aliphatic carbocycles. The molecule has 3 nitrogen and oxygen atoms in total. The third-order valence-electron chi connectivity index (χ3n) is 5.31. The highest BCUT2D eigenvalue weighted by atomic mass is 16.3. The normalized spacial score (nSPS) is 14.5. The number of allylic oxidation sites excluding steroid dienone is 2. The van der Waals surface area contributed by atoms with Gasteiger partial charge in [-0.05, 0) is 44.1 Å². The second-order valence-electron chi connectivity index (χ2n) is 7.22. The molecule has 0 saturated carbocycles. The lowest BCUT2D eigenvalue weighted by molar-refractivity contribution is 0.208. The SMILES string of the molecule is CCCCCCCCC[C@@H](CO)CCC1=CCc2c(C)ncnc21. The molecule has 0 unspecified atom stereocenters. The van der Waals surface area contributed by atoms with Crippen LogP contribution in [0.5, 0.6) is 0 Å². The Morgan fingerprint density at radius 2 is 1.79 bits per heavy atom. The number of aryl methyl sites for hydroxylation is 1. The first-order valence-corrected chi connectivity index (χ1v) is 9.87. The molecular weight excluding hydrogens is 296 g/mol. The summed E-state index contributed by atoms with van der Waals surface area (Å²) in [5, 5.41) is 9.67. The fraction of sp³-hybridized carbons (Fsp3) is 0.714. The molecule has 0 amide bonds. The Balaban J connectivity index is 1.67. The van der Waals surface area contributed by atoms with Gasteiger partial charge in [-0.3, -0.25) is 0 Å². The van der Waals surface area contributed by atoms with Crippen LogP contribution in [-0.2, 0) is 6.42 Å². The standard InChI is InChI=1S/C21H34N2O/c1-3-4-5-6-7-8-9-10-18(15-24)11-12-19-13-14-20-17(2)22-16-23-21(19)20/h13,16,18,24H,3-12,14-15H2,1-2H3/t18-/m1/s1. The Kier molecular flexibility index (Phi) is 8.44. The second kappa shape index (κ2) is 10.6. The van der Waals surface area contributed by atoms with E-state index in [1.54, 1.807) is 6.33 Å². The number of aliphatic hydroxyl groups is 1. The van der Waals surface area contributed by atoms with Crippen LogP contribution in [0.25, 0.3) is 5.57 Å². The molecule has 1 N–H and O–H groups in total. The third-order valence-corrected chi connectivity index (χ3v) is 5.31. The van der Waals surface area contributed by atoms with Crippen molar-refractivity contribution in [1.82, 2.24) is 9.97 Å². The molecule has 1 aromatic rings. The highest BCUT2D eigenvalue weighted by Gasteiger charge is 2.19. The molecule has 0 fully saturated rings. The molecule has 1 atom stereocenters. The average molecular weight is 331 g/mol. The summed E-state index contributed by atoms with van der Waals surface area (Å²) < 4.78 is 0. The average Bonchev–Trinajstić information content (AvgIpc) is 3.01. The molecule has 0 aliphatic heterocycles. The molecule has 2 rings (SSSR count). The Labute approximate surface area is 147 Å². The van der Waals surface area contributed by atoms with Gasteiger partial charge < -0.3 is 5.11 Å². The molecule has 134 valence electrons. The molecule has 0 radical (unpaired) electrons. The number of hydrogen-bond acceptors (Lipinski definition) is 3. The third kappa shape index (κ3) is 5.70. The quantitative estimate of drug-likeness (QED) is 0.532. The highest BCUT2D eigenvalue weighted by molar-refractivity contribution is 5.70. The van der Waals surface area contributed by atoms with Gasteiger partial charge >= 0.3 is 0 Å². The molecular formula is C21H34N2O. The Hall–Kier alpha value is -1.22. The maximum atomic E-state index is 9.67. The van der Waals surface area contributed by atoms with Gasteiger partial charge in [-0.1, -0.05) is 57.9 Å². The monoisotopic (exact) mass is 330 g/mol. The van der Waals surface area contributed by atoms with Crippen molar-refractivity contribution in [3.63, 3.8) is 0 Å². The summed E-state index contributed by atoms with van der Waals surface area (Å²) in [6.07, 6.45) is 17.6. The Morgan fingerprint density at radius 3 is 2.54 bits per heavy atom. The van der Waals surface area contributed by atoms with Gasteiger partial charge in [0.05, 0.1) is 5.69 Å². The van der Waals surface area contributed by atoms with Crippen molar-refractivity contribution >= 4 is 5.57 Å². The fourth-order valence-corrected chi connectivity index (χ4v) is 3.64. The van der Waals surface area contributed by atoms with Crippen molar-refractivity contribution in [1.29, 1.82) is 0 Å². The lowest BCUT2D eigenvalue weighted by Gasteiger charge is -2.14. The number of unbranched alkanes of at least 4 members (excludes halogenated alkanes) is 6. The van der Waals surface area contributed by atoms with E-state index in [0.29, 0.717) is 12.5 Å². The zero-order valence-corrected chi connectivity index (χ0v) is 15.6. The van der Waals surface area contributed by atoms with E-state index in [0.717, 1.165) is 37.1 Å². The Bertz CT molecular complexity index is 525. The number of aromatic nitrogens is 2. The summed E-state index contributed by atoms with van der Waals surface area (Å²) in [5.41, 5.74) is 4.90. The van der Waals surface area contributed by atoms with E-state index in [1.165, 1.54) is 56.1 Å². The maximum absolute atomic E-state index is 9.67. The van der Waals surface area contributed by atoms with Crippen molar-refractivity contribution in [3.8, 4) is 0 Å². The van der Waals surface area contributed by atoms with Gasteiger partial charge in [0.2, 0.25) is 0 Å². The summed E-state index contributed by atoms with van der Waals surface area (Å²) in [4.78, 5) is 8.76. The van der Waals surface area contributed by atoms with Crippen LogP contribution < -0.4 is 0 Å². The van der Waals surface area contributed by atoms with Crippen LogP contribution in [0.15, 0.2) is 12.4 Å². The predicted octanol–water partition coefficient (Wildman–Crippen LogP) is 5.25. The number of fused-ring (bicyclic) bond motifs is 1. The van der Waals surface area contributed by atoms with Crippen LogP contribution in [0.1, 0.15) is 88.1 Å². The lowest BCUT2D eigenvalue weighted by atomic mass is 9.94. The summed E-state index contributed by atoms with van der Waals surface area (Å²) in [6.45, 7) is 4.64. The van der Waals surface area contributed by atoms with Gasteiger partial charge in [-0.25, -0.2) is 9.97 Å². The molecule has 3 heteroatoms. The summed E-state index contributed by atoms with van der Waals surface area (Å²) >= 11 is 0. The number of nitrogens with zero attached hydrogens (tertiary/aromatic N) is 2. The van der Waals surface area contributed by atoms with Crippen molar-refractivity contribution in [2.45, 2.75) is 84.5 Å². The van der Waals surface area contributed by atoms with E-state index in [9.17, 15) is 5.11 Å². The minimum atomic E-state index is 0.318. The van der Waals surface area contributed by atoms with Crippen molar-refractivity contribution in [2.75, 3.05) is 6.61 Å². The van der Waals surface area contributed by atoms with E-state index >= 15 is 0 Å². The van der Waals surface area contributed by atoms with E-state index < -0.39 is 0 Å². The lowest BCUT2D eigenvalue weighted by Crippen LogP contribution is -2.06. The summed E-state index contributed by atoms with van der Waals surface area (Å²) in [6, 6.07) is 0. The van der Waals surface area contributed by atoms with Gasteiger partial charge in [0.1, 0.15) is 6.33 Å². The van der Waals surface area contributed by atoms with Crippen LogP contribution in [0.4, 0.5) is 0 Å². The first-order valence-electron chi connectivity index (χ1n) is 9.87. The van der Waals surface area contributed by atoms with Gasteiger partial charge in [0, 0.05) is 17.9 Å². The Morgan fingerprint density at radius 1 is 1.04 bits per heavy atom. The minimum absolute atomic E-state index is 0.318. The van der Waals surface area contributed by atoms with E-state index in [-0.39, 0.29) is 0 Å². The number of aliphatic hydroxyl groups excluding tert-OH is 1. The van der Waals surface area contributed by atoms with Crippen LogP contribution in [-0.4, -0.2) is 21.7 Å². The van der Waals surface area contributed by atoms with E-state index in [4.69, 9.17) is 0 Å². The largest absolute Gasteiger partial charge is 0.396 e. The van der Waals surface area contributed by atoms with Crippen LogP contribution in [0.3, 0.4) is 0 Å². The van der Waals surface area contributed by atoms with Gasteiger partial charge in [-0.15, -0.1) is 0 Å². The molecule has 1 heterocycles.